The van der Waals surface area contributed by atoms with E-state index in [1.165, 1.54) is 23.5 Å². The van der Waals surface area contributed by atoms with E-state index < -0.39 is 0 Å². The number of hydrogen-bond donors (Lipinski definition) is 1. The van der Waals surface area contributed by atoms with Crippen molar-refractivity contribution in [3.63, 3.8) is 0 Å². The number of thiophene rings is 1. The van der Waals surface area contributed by atoms with Gasteiger partial charge in [-0.25, -0.2) is 4.39 Å². The summed E-state index contributed by atoms with van der Waals surface area (Å²) in [5, 5.41) is 4.12. The third kappa shape index (κ3) is 2.96. The predicted molar refractivity (Wildman–Crippen MR) is 81.1 cm³/mol. The van der Waals surface area contributed by atoms with Crippen molar-refractivity contribution in [2.24, 2.45) is 5.92 Å². The largest absolute Gasteiger partial charge is 0.351 e. The van der Waals surface area contributed by atoms with Crippen molar-refractivity contribution in [2.45, 2.75) is 24.6 Å². The number of rotatable bonds is 3. The van der Waals surface area contributed by atoms with Crippen LogP contribution < -0.4 is 5.32 Å². The molecule has 1 aliphatic rings. The quantitative estimate of drug-likeness (QED) is 0.847. The lowest BCUT2D eigenvalue weighted by Gasteiger charge is -2.09. The van der Waals surface area contributed by atoms with Crippen LogP contribution in [0.15, 0.2) is 24.3 Å². The molecular weight excluding hydrogens is 297 g/mol. The molecule has 0 aliphatic heterocycles. The normalized spacial score (nSPS) is 22.3. The van der Waals surface area contributed by atoms with Gasteiger partial charge in [-0.1, -0.05) is 6.07 Å². The number of hydrogen-bond acceptors (Lipinski definition) is 2. The maximum absolute atomic E-state index is 13.1. The van der Waals surface area contributed by atoms with E-state index in [1.807, 2.05) is 6.07 Å². The van der Waals surface area contributed by atoms with Gasteiger partial charge in [0.05, 0.1) is 4.88 Å². The van der Waals surface area contributed by atoms with Crippen molar-refractivity contribution < 1.29 is 9.18 Å². The van der Waals surface area contributed by atoms with E-state index in [9.17, 15) is 9.18 Å². The summed E-state index contributed by atoms with van der Waals surface area (Å²) in [7, 11) is 0. The van der Waals surface area contributed by atoms with Gasteiger partial charge in [0.15, 0.2) is 0 Å². The zero-order valence-electron chi connectivity index (χ0n) is 10.9. The maximum atomic E-state index is 13.1. The van der Waals surface area contributed by atoms with E-state index in [4.69, 9.17) is 11.6 Å². The summed E-state index contributed by atoms with van der Waals surface area (Å²) in [4.78, 5) is 12.7. The Morgan fingerprint density at radius 3 is 3.00 bits per heavy atom. The second kappa shape index (κ2) is 5.70. The molecule has 2 nitrogen and oxygen atoms in total. The number of amides is 1. The Kier molecular flexibility index (Phi) is 3.94. The molecule has 20 heavy (non-hydrogen) atoms. The number of carbonyl (C=O) groups excluding carboxylic acids is 1. The summed E-state index contributed by atoms with van der Waals surface area (Å²) in [6.45, 7) is 0.671. The minimum absolute atomic E-state index is 0.0790. The van der Waals surface area contributed by atoms with Crippen LogP contribution in [0.2, 0.25) is 0 Å². The van der Waals surface area contributed by atoms with Gasteiger partial charge in [-0.3, -0.25) is 4.79 Å². The highest BCUT2D eigenvalue weighted by Gasteiger charge is 2.23. The SMILES string of the molecule is O=C(NCC1CCC(Cl)C1)c1cc2ccc(F)cc2s1. The first-order valence-corrected chi connectivity index (χ1v) is 7.98. The highest BCUT2D eigenvalue weighted by atomic mass is 35.5. The van der Waals surface area contributed by atoms with Crippen molar-refractivity contribution in [1.82, 2.24) is 5.32 Å². The van der Waals surface area contributed by atoms with Crippen LogP contribution in [0, 0.1) is 11.7 Å². The Balaban J connectivity index is 1.66. The molecule has 3 rings (SSSR count). The first kappa shape index (κ1) is 13.8. The minimum atomic E-state index is -0.273. The molecule has 2 aromatic rings. The molecule has 1 heterocycles. The molecule has 1 aromatic carbocycles. The van der Waals surface area contributed by atoms with Crippen LogP contribution in [0.5, 0.6) is 0 Å². The first-order chi connectivity index (χ1) is 9.61. The summed E-state index contributed by atoms with van der Waals surface area (Å²) in [5.41, 5.74) is 0. The van der Waals surface area contributed by atoms with Crippen LogP contribution in [0.4, 0.5) is 4.39 Å². The van der Waals surface area contributed by atoms with Gasteiger partial charge in [0.25, 0.3) is 5.91 Å². The van der Waals surface area contributed by atoms with Crippen LogP contribution >= 0.6 is 22.9 Å². The number of nitrogens with one attached hydrogen (secondary N) is 1. The molecule has 1 N–H and O–H groups in total. The Hall–Kier alpha value is -1.13. The molecule has 1 fully saturated rings. The highest BCUT2D eigenvalue weighted by molar-refractivity contribution is 7.20. The maximum Gasteiger partial charge on any atom is 0.261 e. The summed E-state index contributed by atoms with van der Waals surface area (Å²) >= 11 is 7.39. The summed E-state index contributed by atoms with van der Waals surface area (Å²) in [6.07, 6.45) is 3.08. The third-order valence-corrected chi connectivity index (χ3v) is 5.23. The predicted octanol–water partition coefficient (Wildman–Crippen LogP) is 4.18. The Morgan fingerprint density at radius 1 is 1.40 bits per heavy atom. The average molecular weight is 312 g/mol. The summed E-state index contributed by atoms with van der Waals surface area (Å²) in [5.74, 6) is 0.128. The molecule has 1 aromatic heterocycles. The van der Waals surface area contributed by atoms with Crippen LogP contribution in [0.1, 0.15) is 28.9 Å². The van der Waals surface area contributed by atoms with Crippen molar-refractivity contribution in [2.75, 3.05) is 6.54 Å². The molecule has 1 aliphatic carbocycles. The number of halogens is 2. The molecule has 1 saturated carbocycles. The molecule has 0 saturated heterocycles. The Labute approximate surface area is 125 Å². The van der Waals surface area contributed by atoms with Crippen LogP contribution in [-0.4, -0.2) is 17.8 Å². The fourth-order valence-electron chi connectivity index (χ4n) is 2.64. The molecule has 0 radical (unpaired) electrons. The number of carbonyl (C=O) groups is 1. The third-order valence-electron chi connectivity index (χ3n) is 3.73. The number of fused-ring (bicyclic) bond motifs is 1. The van der Waals surface area contributed by atoms with Gasteiger partial charge in [0, 0.05) is 16.6 Å². The smallest absolute Gasteiger partial charge is 0.261 e. The molecular formula is C15H15ClFNOS. The molecule has 106 valence electrons. The molecule has 2 atom stereocenters. The zero-order valence-corrected chi connectivity index (χ0v) is 12.4. The fourth-order valence-corrected chi connectivity index (χ4v) is 4.02. The monoisotopic (exact) mass is 311 g/mol. The summed E-state index contributed by atoms with van der Waals surface area (Å²) < 4.78 is 13.9. The van der Waals surface area contributed by atoms with Crippen LogP contribution in [0.25, 0.3) is 10.1 Å². The van der Waals surface area contributed by atoms with Crippen LogP contribution in [-0.2, 0) is 0 Å². The zero-order chi connectivity index (χ0) is 14.1. The van der Waals surface area contributed by atoms with E-state index in [1.54, 1.807) is 6.07 Å². The van der Waals surface area contributed by atoms with E-state index in [0.717, 1.165) is 29.3 Å². The lowest BCUT2D eigenvalue weighted by molar-refractivity contribution is 0.0951. The van der Waals surface area contributed by atoms with Crippen molar-refractivity contribution in [3.05, 3.63) is 35.0 Å². The topological polar surface area (TPSA) is 29.1 Å². The van der Waals surface area contributed by atoms with Gasteiger partial charge in [-0.15, -0.1) is 22.9 Å². The summed E-state index contributed by atoms with van der Waals surface area (Å²) in [6, 6.07) is 6.39. The van der Waals surface area contributed by atoms with E-state index in [-0.39, 0.29) is 17.1 Å². The standard InChI is InChI=1S/C15H15ClFNOS/c16-11-3-1-9(5-11)8-18-15(19)14-6-10-2-4-12(17)7-13(10)20-14/h2,4,6-7,9,11H,1,3,5,8H2,(H,18,19). The molecule has 2 unspecified atom stereocenters. The lowest BCUT2D eigenvalue weighted by atomic mass is 10.1. The van der Waals surface area contributed by atoms with Gasteiger partial charge in [0.1, 0.15) is 5.82 Å². The van der Waals surface area contributed by atoms with Crippen molar-refractivity contribution in [3.8, 4) is 0 Å². The molecule has 5 heteroatoms. The molecule has 1 amide bonds. The van der Waals surface area contributed by atoms with Gasteiger partial charge < -0.3 is 5.32 Å². The van der Waals surface area contributed by atoms with Gasteiger partial charge >= 0.3 is 0 Å². The Bertz CT molecular complexity index is 642. The fraction of sp³-hybridized carbons (Fsp3) is 0.400. The number of benzene rings is 1. The second-order valence-corrected chi connectivity index (χ2v) is 6.98. The van der Waals surface area contributed by atoms with Gasteiger partial charge in [0.2, 0.25) is 0 Å². The van der Waals surface area contributed by atoms with E-state index in [0.29, 0.717) is 17.3 Å². The first-order valence-electron chi connectivity index (χ1n) is 6.73. The minimum Gasteiger partial charge on any atom is -0.351 e. The molecule has 0 spiro atoms. The van der Waals surface area contributed by atoms with Crippen molar-refractivity contribution >= 4 is 38.9 Å². The number of alkyl halides is 1. The highest BCUT2D eigenvalue weighted by Crippen LogP contribution is 2.29. The second-order valence-electron chi connectivity index (χ2n) is 5.28. The van der Waals surface area contributed by atoms with E-state index >= 15 is 0 Å². The molecule has 0 bridgehead atoms. The van der Waals surface area contributed by atoms with E-state index in [2.05, 4.69) is 5.32 Å². The van der Waals surface area contributed by atoms with Gasteiger partial charge in [-0.2, -0.15) is 0 Å². The Morgan fingerprint density at radius 2 is 2.25 bits per heavy atom. The average Bonchev–Trinajstić information content (AvgIpc) is 3.01. The lowest BCUT2D eigenvalue weighted by Crippen LogP contribution is -2.27. The van der Waals surface area contributed by atoms with Crippen LogP contribution in [0.3, 0.4) is 0 Å². The van der Waals surface area contributed by atoms with Gasteiger partial charge in [-0.05, 0) is 48.8 Å². The van der Waals surface area contributed by atoms with Crippen molar-refractivity contribution in [1.29, 1.82) is 0 Å².